The summed E-state index contributed by atoms with van der Waals surface area (Å²) in [5.41, 5.74) is 7.90. The molecular weight excluding hydrogens is 701 g/mol. The molecule has 4 aromatic carbocycles. The number of allylic oxidation sites excluding steroid dienone is 2. The van der Waals surface area contributed by atoms with Crippen LogP contribution in [0.4, 0.5) is 8.78 Å². The summed E-state index contributed by atoms with van der Waals surface area (Å²) < 4.78 is 33.5. The van der Waals surface area contributed by atoms with Crippen LogP contribution in [0, 0.1) is 17.6 Å². The molecular formula is C47H35F2N7. The summed E-state index contributed by atoms with van der Waals surface area (Å²) in [5.74, 6) is -0.463. The number of halogens is 2. The summed E-state index contributed by atoms with van der Waals surface area (Å²) in [7, 11) is 1.91. The monoisotopic (exact) mass is 735 g/mol. The summed E-state index contributed by atoms with van der Waals surface area (Å²) in [6, 6.07) is 34.0. The summed E-state index contributed by atoms with van der Waals surface area (Å²) in [6.45, 7) is 1.92. The van der Waals surface area contributed by atoms with E-state index in [9.17, 15) is 0 Å². The van der Waals surface area contributed by atoms with Crippen LogP contribution in [0.5, 0.6) is 0 Å². The maximum atomic E-state index is 16.9. The van der Waals surface area contributed by atoms with Crippen molar-refractivity contribution in [3.63, 3.8) is 0 Å². The second kappa shape index (κ2) is 13.2. The first-order valence-corrected chi connectivity index (χ1v) is 18.6. The molecule has 0 amide bonds. The van der Waals surface area contributed by atoms with Gasteiger partial charge in [0, 0.05) is 52.6 Å². The van der Waals surface area contributed by atoms with Crippen LogP contribution in [0.25, 0.3) is 38.5 Å². The van der Waals surface area contributed by atoms with Gasteiger partial charge in [-0.15, -0.1) is 0 Å². The molecule has 1 aliphatic carbocycles. The van der Waals surface area contributed by atoms with Crippen LogP contribution in [0.2, 0.25) is 0 Å². The number of rotatable bonds is 5. The van der Waals surface area contributed by atoms with Gasteiger partial charge in [0.15, 0.2) is 0 Å². The molecule has 5 heterocycles. The van der Waals surface area contributed by atoms with Crippen LogP contribution in [0.15, 0.2) is 156 Å². The minimum atomic E-state index is -1.13. The van der Waals surface area contributed by atoms with Crippen molar-refractivity contribution in [3.05, 3.63) is 191 Å². The van der Waals surface area contributed by atoms with Crippen molar-refractivity contribution in [3.8, 4) is 11.1 Å². The zero-order valence-corrected chi connectivity index (χ0v) is 30.7. The normalized spacial score (nSPS) is 20.5. The van der Waals surface area contributed by atoms with Crippen LogP contribution >= 0.6 is 0 Å². The smallest absolute Gasteiger partial charge is 0.135 e. The Balaban J connectivity index is 1.05. The molecule has 7 aromatic rings. The average Bonchev–Trinajstić information content (AvgIpc) is 3.24. The van der Waals surface area contributed by atoms with Crippen molar-refractivity contribution in [1.29, 1.82) is 0 Å². The molecule has 0 fully saturated rings. The lowest BCUT2D eigenvalue weighted by atomic mass is 9.80. The molecule has 0 saturated carbocycles. The first kappa shape index (κ1) is 33.8. The van der Waals surface area contributed by atoms with Crippen LogP contribution in [0.3, 0.4) is 0 Å². The summed E-state index contributed by atoms with van der Waals surface area (Å²) in [4.78, 5) is 25.6. The third-order valence-electron chi connectivity index (χ3n) is 11.4. The highest BCUT2D eigenvalue weighted by Crippen LogP contribution is 2.42. The molecule has 3 aliphatic rings. The van der Waals surface area contributed by atoms with Crippen molar-refractivity contribution in [2.24, 2.45) is 15.9 Å². The summed E-state index contributed by atoms with van der Waals surface area (Å²) in [5, 5.41) is 5.28. The van der Waals surface area contributed by atoms with Gasteiger partial charge in [-0.2, -0.15) is 0 Å². The fourth-order valence-corrected chi connectivity index (χ4v) is 8.39. The van der Waals surface area contributed by atoms with E-state index in [1.807, 2.05) is 122 Å². The highest BCUT2D eigenvalue weighted by atomic mass is 19.1. The lowest BCUT2D eigenvalue weighted by Crippen LogP contribution is -2.59. The molecule has 56 heavy (non-hydrogen) atoms. The molecule has 9 heteroatoms. The van der Waals surface area contributed by atoms with E-state index < -0.39 is 23.5 Å². The van der Waals surface area contributed by atoms with Crippen molar-refractivity contribution in [1.82, 2.24) is 25.2 Å². The Labute approximate surface area is 322 Å². The Morgan fingerprint density at radius 2 is 1.50 bits per heavy atom. The van der Waals surface area contributed by atoms with Gasteiger partial charge >= 0.3 is 0 Å². The summed E-state index contributed by atoms with van der Waals surface area (Å²) in [6.07, 6.45) is 11.6. The predicted octanol–water partition coefficient (Wildman–Crippen LogP) is 9.74. The number of nitrogens with zero attached hydrogens (tertiary/aromatic N) is 6. The molecule has 1 N–H and O–H groups in total. The summed E-state index contributed by atoms with van der Waals surface area (Å²) >= 11 is 0. The maximum Gasteiger partial charge on any atom is 0.135 e. The van der Waals surface area contributed by atoms with Gasteiger partial charge < -0.3 is 5.32 Å². The van der Waals surface area contributed by atoms with E-state index in [0.29, 0.717) is 17.0 Å². The Morgan fingerprint density at radius 3 is 2.34 bits per heavy atom. The third kappa shape index (κ3) is 5.46. The van der Waals surface area contributed by atoms with Gasteiger partial charge in [0.1, 0.15) is 29.3 Å². The molecule has 2 aliphatic heterocycles. The Bertz CT molecular complexity index is 2850. The molecule has 3 unspecified atom stereocenters. The number of hydrogen-bond acceptors (Lipinski definition) is 7. The fourth-order valence-electron chi connectivity index (χ4n) is 8.39. The molecule has 7 nitrogen and oxygen atoms in total. The highest BCUT2D eigenvalue weighted by Gasteiger charge is 2.43. The molecule has 0 radical (unpaired) electrons. The first-order valence-electron chi connectivity index (χ1n) is 18.6. The fraction of sp³-hybridized carbons (Fsp3) is 0.128. The van der Waals surface area contributed by atoms with Crippen molar-refractivity contribution in [2.75, 3.05) is 7.05 Å². The van der Waals surface area contributed by atoms with Gasteiger partial charge in [-0.25, -0.2) is 13.8 Å². The molecule has 3 aromatic heterocycles. The zero-order valence-electron chi connectivity index (χ0n) is 30.7. The Hall–Kier alpha value is -6.71. The topological polar surface area (TPSA) is 78.7 Å². The van der Waals surface area contributed by atoms with Gasteiger partial charge in [0.2, 0.25) is 0 Å². The molecule has 0 saturated heterocycles. The van der Waals surface area contributed by atoms with Gasteiger partial charge in [-0.3, -0.25) is 24.8 Å². The SMILES string of the molecule is CN1C(c2ccccc2)N=C(c2ccc(-c3cc4cccnc4c4ncccc34)cc2F)NC1(C)c1ccc(C2=CC3CC=CN=C3c3ncccc32)cc1F. The van der Waals surface area contributed by atoms with Crippen LogP contribution in [-0.2, 0) is 5.66 Å². The van der Waals surface area contributed by atoms with Crippen LogP contribution < -0.4 is 5.32 Å². The number of aromatic nitrogens is 3. The second-order valence-electron chi connectivity index (χ2n) is 14.6. The number of nitrogens with one attached hydrogen (secondary N) is 1. The average molecular weight is 736 g/mol. The van der Waals surface area contributed by atoms with E-state index >= 15 is 8.78 Å². The van der Waals surface area contributed by atoms with E-state index in [2.05, 4.69) is 31.3 Å². The van der Waals surface area contributed by atoms with Crippen molar-refractivity contribution in [2.45, 2.75) is 25.2 Å². The van der Waals surface area contributed by atoms with Gasteiger partial charge in [0.25, 0.3) is 0 Å². The number of amidine groups is 1. The number of aliphatic imine (C=N–C) groups is 2. The van der Waals surface area contributed by atoms with E-state index in [1.165, 1.54) is 6.07 Å². The standard InChI is InChI=1S/C47H35F2N7/c1-47(38-19-17-30(27-40(38)49)37-25-32-13-7-21-51-42(32)44-34(37)15-9-23-53-44)55-45(54-46(56(47)2)28-10-4-3-5-11-28)35-18-16-29(26-39(35)48)36-24-31-12-6-20-50-41(31)43-33(36)14-8-22-52-43/h3-12,14-27,32,46H,13H2,1-2H3,(H,54,55). The number of benzene rings is 4. The Kier molecular flexibility index (Phi) is 8.00. The second-order valence-corrected chi connectivity index (χ2v) is 14.6. The maximum absolute atomic E-state index is 16.9. The van der Waals surface area contributed by atoms with Crippen LogP contribution in [0.1, 0.15) is 53.0 Å². The lowest BCUT2D eigenvalue weighted by molar-refractivity contribution is 0.0571. The number of pyridine rings is 3. The molecule has 0 spiro atoms. The van der Waals surface area contributed by atoms with Gasteiger partial charge in [-0.1, -0.05) is 78.9 Å². The van der Waals surface area contributed by atoms with E-state index in [0.717, 1.165) is 67.5 Å². The molecule has 272 valence electrons. The molecule has 10 rings (SSSR count). The minimum Gasteiger partial charge on any atom is -0.348 e. The van der Waals surface area contributed by atoms with Gasteiger partial charge in [-0.05, 0) is 90.7 Å². The highest BCUT2D eigenvalue weighted by molar-refractivity contribution is 6.11. The largest absolute Gasteiger partial charge is 0.348 e. The molecule has 0 bridgehead atoms. The lowest BCUT2D eigenvalue weighted by Gasteiger charge is -2.47. The third-order valence-corrected chi connectivity index (χ3v) is 11.4. The van der Waals surface area contributed by atoms with Crippen LogP contribution in [-0.4, -0.2) is 38.4 Å². The zero-order chi connectivity index (χ0) is 38.0. The van der Waals surface area contributed by atoms with Crippen molar-refractivity contribution < 1.29 is 8.78 Å². The van der Waals surface area contributed by atoms with Crippen molar-refractivity contribution >= 4 is 38.9 Å². The van der Waals surface area contributed by atoms with E-state index in [-0.39, 0.29) is 11.5 Å². The first-order chi connectivity index (χ1) is 27.4. The Morgan fingerprint density at radius 1 is 0.732 bits per heavy atom. The predicted molar refractivity (Wildman–Crippen MR) is 218 cm³/mol. The number of fused-ring (bicyclic) bond motifs is 6. The minimum absolute atomic E-state index is 0.0594. The molecule has 3 atom stereocenters. The quantitative estimate of drug-likeness (QED) is 0.178. The van der Waals surface area contributed by atoms with E-state index in [4.69, 9.17) is 4.99 Å². The van der Waals surface area contributed by atoms with E-state index in [1.54, 1.807) is 30.7 Å². The number of hydrogen-bond donors (Lipinski definition) is 1. The van der Waals surface area contributed by atoms with Gasteiger partial charge in [0.05, 0.1) is 28.0 Å².